The van der Waals surface area contributed by atoms with Crippen molar-refractivity contribution in [2.45, 2.75) is 6.61 Å². The highest BCUT2D eigenvalue weighted by Crippen LogP contribution is 2.20. The van der Waals surface area contributed by atoms with Gasteiger partial charge in [0.1, 0.15) is 5.75 Å². The van der Waals surface area contributed by atoms with E-state index in [1.165, 1.54) is 24.3 Å². The molecule has 7 nitrogen and oxygen atoms in total. The van der Waals surface area contributed by atoms with E-state index in [9.17, 15) is 18.4 Å². The van der Waals surface area contributed by atoms with E-state index in [-0.39, 0.29) is 11.3 Å². The van der Waals surface area contributed by atoms with Crippen LogP contribution in [0, 0.1) is 0 Å². The molecule has 1 amide bonds. The summed E-state index contributed by atoms with van der Waals surface area (Å²) in [4.78, 5) is 23.9. The van der Waals surface area contributed by atoms with Gasteiger partial charge in [0, 0.05) is 5.69 Å². The number of ether oxygens (including phenoxy) is 2. The molecule has 0 heterocycles. The van der Waals surface area contributed by atoms with Crippen LogP contribution < -0.4 is 10.1 Å². The Labute approximate surface area is 176 Å². The van der Waals surface area contributed by atoms with Gasteiger partial charge in [-0.3, -0.25) is 4.79 Å². The van der Waals surface area contributed by atoms with Crippen molar-refractivity contribution in [1.29, 1.82) is 0 Å². The lowest BCUT2D eigenvalue weighted by atomic mass is 10.2. The molecular formula is C22H17F2N3O4. The topological polar surface area (TPSA) is 89.4 Å². The Balaban J connectivity index is 1.47. The first-order valence-corrected chi connectivity index (χ1v) is 9.08. The monoisotopic (exact) mass is 425 g/mol. The SMILES string of the molecule is O=C(COC(=O)c1ccc(OC(F)F)cc1)Nc1ccc(N=Nc2ccccc2)cc1. The third kappa shape index (κ3) is 7.00. The molecular weight excluding hydrogens is 408 g/mol. The summed E-state index contributed by atoms with van der Waals surface area (Å²) in [6.07, 6.45) is 0. The fourth-order valence-electron chi connectivity index (χ4n) is 2.41. The molecule has 3 aromatic carbocycles. The number of hydrogen-bond acceptors (Lipinski definition) is 6. The van der Waals surface area contributed by atoms with Gasteiger partial charge in [-0.05, 0) is 60.7 Å². The second kappa shape index (κ2) is 10.6. The summed E-state index contributed by atoms with van der Waals surface area (Å²) < 4.78 is 33.4. The summed E-state index contributed by atoms with van der Waals surface area (Å²) in [6, 6.07) is 20.8. The number of esters is 1. The molecule has 1 N–H and O–H groups in total. The number of anilines is 1. The van der Waals surface area contributed by atoms with E-state index in [4.69, 9.17) is 4.74 Å². The van der Waals surface area contributed by atoms with Crippen molar-refractivity contribution in [3.05, 3.63) is 84.4 Å². The van der Waals surface area contributed by atoms with E-state index in [1.54, 1.807) is 24.3 Å². The van der Waals surface area contributed by atoms with E-state index in [0.29, 0.717) is 11.4 Å². The van der Waals surface area contributed by atoms with Gasteiger partial charge in [0.05, 0.1) is 16.9 Å². The molecule has 0 aliphatic carbocycles. The maximum absolute atomic E-state index is 12.1. The number of nitrogens with zero attached hydrogens (tertiary/aromatic N) is 2. The zero-order valence-corrected chi connectivity index (χ0v) is 16.1. The Morgan fingerprint density at radius 2 is 1.45 bits per heavy atom. The molecule has 0 fully saturated rings. The van der Waals surface area contributed by atoms with Crippen LogP contribution in [0.1, 0.15) is 10.4 Å². The number of hydrogen-bond donors (Lipinski definition) is 1. The number of rotatable bonds is 8. The van der Waals surface area contributed by atoms with Crippen molar-refractivity contribution in [3.8, 4) is 5.75 Å². The molecule has 158 valence electrons. The maximum Gasteiger partial charge on any atom is 0.387 e. The highest BCUT2D eigenvalue weighted by molar-refractivity contribution is 5.95. The summed E-state index contributed by atoms with van der Waals surface area (Å²) in [6.45, 7) is -3.47. The Morgan fingerprint density at radius 3 is 2.06 bits per heavy atom. The normalized spacial score (nSPS) is 10.8. The van der Waals surface area contributed by atoms with Crippen LogP contribution >= 0.6 is 0 Å². The molecule has 3 rings (SSSR count). The fourth-order valence-corrected chi connectivity index (χ4v) is 2.41. The lowest BCUT2D eigenvalue weighted by molar-refractivity contribution is -0.119. The molecule has 3 aromatic rings. The van der Waals surface area contributed by atoms with Crippen LogP contribution in [0.3, 0.4) is 0 Å². The van der Waals surface area contributed by atoms with E-state index >= 15 is 0 Å². The lowest BCUT2D eigenvalue weighted by Gasteiger charge is -2.08. The largest absolute Gasteiger partial charge is 0.452 e. The summed E-state index contributed by atoms with van der Waals surface area (Å²) in [5, 5.41) is 10.8. The number of nitrogens with one attached hydrogen (secondary N) is 1. The predicted molar refractivity (Wildman–Crippen MR) is 109 cm³/mol. The van der Waals surface area contributed by atoms with Crippen molar-refractivity contribution in [2.24, 2.45) is 10.2 Å². The molecule has 0 atom stereocenters. The number of azo groups is 1. The minimum absolute atomic E-state index is 0.0870. The van der Waals surface area contributed by atoms with Crippen LogP contribution in [-0.2, 0) is 9.53 Å². The molecule has 31 heavy (non-hydrogen) atoms. The summed E-state index contributed by atoms with van der Waals surface area (Å²) in [5.41, 5.74) is 1.92. The predicted octanol–water partition coefficient (Wildman–Crippen LogP) is 5.50. The Morgan fingerprint density at radius 1 is 0.839 bits per heavy atom. The van der Waals surface area contributed by atoms with Crippen LogP contribution in [0.15, 0.2) is 89.1 Å². The molecule has 0 aliphatic heterocycles. The average molecular weight is 425 g/mol. The molecule has 9 heteroatoms. The molecule has 0 saturated heterocycles. The van der Waals surface area contributed by atoms with Gasteiger partial charge in [0.25, 0.3) is 5.91 Å². The number of carbonyl (C=O) groups excluding carboxylic acids is 2. The van der Waals surface area contributed by atoms with Crippen molar-refractivity contribution < 1.29 is 27.8 Å². The molecule has 0 radical (unpaired) electrons. The van der Waals surface area contributed by atoms with Crippen molar-refractivity contribution >= 4 is 28.9 Å². The standard InChI is InChI=1S/C22H17F2N3O4/c23-22(24)31-19-12-6-15(7-13-19)21(29)30-14-20(28)25-16-8-10-18(11-9-16)27-26-17-4-2-1-3-5-17/h1-13,22H,14H2,(H,25,28). The van der Waals surface area contributed by atoms with Gasteiger partial charge in [-0.25, -0.2) is 4.79 Å². The second-order valence-electron chi connectivity index (χ2n) is 6.11. The van der Waals surface area contributed by atoms with Crippen molar-refractivity contribution in [2.75, 3.05) is 11.9 Å². The first-order valence-electron chi connectivity index (χ1n) is 9.08. The highest BCUT2D eigenvalue weighted by atomic mass is 19.3. The van der Waals surface area contributed by atoms with Crippen molar-refractivity contribution in [3.63, 3.8) is 0 Å². The van der Waals surface area contributed by atoms with Crippen molar-refractivity contribution in [1.82, 2.24) is 0 Å². The molecule has 0 spiro atoms. The van der Waals surface area contributed by atoms with E-state index in [0.717, 1.165) is 5.69 Å². The number of benzene rings is 3. The van der Waals surface area contributed by atoms with E-state index in [2.05, 4.69) is 20.3 Å². The Bertz CT molecular complexity index is 1040. The van der Waals surface area contributed by atoms with Gasteiger partial charge in [-0.1, -0.05) is 18.2 Å². The van der Waals surface area contributed by atoms with Gasteiger partial charge in [0.15, 0.2) is 6.61 Å². The second-order valence-corrected chi connectivity index (χ2v) is 6.11. The van der Waals surface area contributed by atoms with E-state index < -0.39 is 25.1 Å². The zero-order chi connectivity index (χ0) is 22.1. The smallest absolute Gasteiger partial charge is 0.387 e. The summed E-state index contributed by atoms with van der Waals surface area (Å²) in [5.74, 6) is -1.39. The molecule has 0 saturated carbocycles. The zero-order valence-electron chi connectivity index (χ0n) is 16.1. The van der Waals surface area contributed by atoms with E-state index in [1.807, 2.05) is 30.3 Å². The fraction of sp³-hybridized carbons (Fsp3) is 0.0909. The van der Waals surface area contributed by atoms with Gasteiger partial charge in [-0.15, -0.1) is 0 Å². The molecule has 0 bridgehead atoms. The minimum Gasteiger partial charge on any atom is -0.452 e. The number of carbonyl (C=O) groups is 2. The van der Waals surface area contributed by atoms with Gasteiger partial charge in [-0.2, -0.15) is 19.0 Å². The van der Waals surface area contributed by atoms with Crippen LogP contribution in [-0.4, -0.2) is 25.1 Å². The first-order chi connectivity index (χ1) is 15.0. The quantitative estimate of drug-likeness (QED) is 0.381. The lowest BCUT2D eigenvalue weighted by Crippen LogP contribution is -2.20. The molecule has 0 aromatic heterocycles. The van der Waals surface area contributed by atoms with Crippen LogP contribution in [0.5, 0.6) is 5.75 Å². The Hall–Kier alpha value is -4.14. The number of halogens is 2. The minimum atomic E-state index is -2.96. The third-order valence-corrected chi connectivity index (χ3v) is 3.84. The van der Waals surface area contributed by atoms with Crippen LogP contribution in [0.2, 0.25) is 0 Å². The maximum atomic E-state index is 12.1. The first kappa shape index (κ1) is 21.6. The third-order valence-electron chi connectivity index (χ3n) is 3.84. The highest BCUT2D eigenvalue weighted by Gasteiger charge is 2.11. The average Bonchev–Trinajstić information content (AvgIpc) is 2.78. The molecule has 0 unspecified atom stereocenters. The number of amides is 1. The number of alkyl halides is 2. The summed E-state index contributed by atoms with van der Waals surface area (Å²) in [7, 11) is 0. The van der Waals surface area contributed by atoms with Crippen LogP contribution in [0.4, 0.5) is 25.8 Å². The summed E-state index contributed by atoms with van der Waals surface area (Å²) >= 11 is 0. The Kier molecular flexibility index (Phi) is 7.36. The van der Waals surface area contributed by atoms with Gasteiger partial charge >= 0.3 is 12.6 Å². The molecule has 0 aliphatic rings. The van der Waals surface area contributed by atoms with Gasteiger partial charge in [0.2, 0.25) is 0 Å². The van der Waals surface area contributed by atoms with Gasteiger partial charge < -0.3 is 14.8 Å². The van der Waals surface area contributed by atoms with Crippen LogP contribution in [0.25, 0.3) is 0 Å².